The summed E-state index contributed by atoms with van der Waals surface area (Å²) in [5.41, 5.74) is 0. The lowest BCUT2D eigenvalue weighted by Gasteiger charge is -2.34. The Balaban J connectivity index is 0.00000220. The summed E-state index contributed by atoms with van der Waals surface area (Å²) in [6.45, 7) is 7.22. The molecule has 2 rings (SSSR count). The van der Waals surface area contributed by atoms with Crippen LogP contribution in [0.3, 0.4) is 0 Å². The Morgan fingerprint density at radius 3 is 2.62 bits per heavy atom. The lowest BCUT2D eigenvalue weighted by molar-refractivity contribution is -0.122. The Bertz CT molecular complexity index is 402. The average Bonchev–Trinajstić information content (AvgIpc) is 2.93. The van der Waals surface area contributed by atoms with Gasteiger partial charge in [-0.1, -0.05) is 26.3 Å². The molecular formula is C16H27ClN2OS. The number of nitrogens with zero attached hydrogens (tertiary/aromatic N) is 1. The molecule has 2 heterocycles. The monoisotopic (exact) mass is 330 g/mol. The quantitative estimate of drug-likeness (QED) is 0.859. The maximum absolute atomic E-state index is 11.9. The number of carbonyl (C=O) groups is 1. The van der Waals surface area contributed by atoms with Crippen LogP contribution in [0.4, 0.5) is 0 Å². The van der Waals surface area contributed by atoms with Gasteiger partial charge in [0, 0.05) is 17.8 Å². The number of halogens is 1. The summed E-state index contributed by atoms with van der Waals surface area (Å²) in [7, 11) is 0. The normalized spacial score (nSPS) is 17.3. The fourth-order valence-corrected chi connectivity index (χ4v) is 3.63. The Hall–Kier alpha value is -0.580. The van der Waals surface area contributed by atoms with Crippen LogP contribution in [0.1, 0.15) is 50.4 Å². The summed E-state index contributed by atoms with van der Waals surface area (Å²) >= 11 is 1.80. The van der Waals surface area contributed by atoms with Gasteiger partial charge in [-0.3, -0.25) is 9.69 Å². The van der Waals surface area contributed by atoms with E-state index in [-0.39, 0.29) is 18.3 Å². The summed E-state index contributed by atoms with van der Waals surface area (Å²) < 4.78 is 0. The molecule has 3 nitrogen and oxygen atoms in total. The van der Waals surface area contributed by atoms with Gasteiger partial charge in [-0.05, 0) is 43.3 Å². The lowest BCUT2D eigenvalue weighted by Crippen LogP contribution is -2.40. The van der Waals surface area contributed by atoms with Crippen molar-refractivity contribution in [3.05, 3.63) is 22.4 Å². The zero-order chi connectivity index (χ0) is 14.4. The molecule has 1 aliphatic rings. The third kappa shape index (κ3) is 5.97. The first-order valence-corrected chi connectivity index (χ1v) is 8.59. The van der Waals surface area contributed by atoms with Crippen molar-refractivity contribution in [3.63, 3.8) is 0 Å². The zero-order valence-corrected chi connectivity index (χ0v) is 14.6. The molecule has 0 spiro atoms. The van der Waals surface area contributed by atoms with Crippen LogP contribution in [0.2, 0.25) is 0 Å². The van der Waals surface area contributed by atoms with Crippen LogP contribution in [0.25, 0.3) is 0 Å². The molecule has 1 N–H and O–H groups in total. The Kier molecular flexibility index (Phi) is 8.30. The Labute approximate surface area is 138 Å². The van der Waals surface area contributed by atoms with Gasteiger partial charge in [0.05, 0.1) is 6.04 Å². The number of hydrogen-bond donors (Lipinski definition) is 1. The molecular weight excluding hydrogens is 304 g/mol. The minimum atomic E-state index is 0. The van der Waals surface area contributed by atoms with Crippen molar-refractivity contribution < 1.29 is 4.79 Å². The van der Waals surface area contributed by atoms with E-state index >= 15 is 0 Å². The maximum Gasteiger partial charge on any atom is 0.220 e. The van der Waals surface area contributed by atoms with Crippen LogP contribution in [0.5, 0.6) is 0 Å². The summed E-state index contributed by atoms with van der Waals surface area (Å²) in [6, 6.07) is 4.65. The Morgan fingerprint density at radius 1 is 1.33 bits per heavy atom. The number of amides is 1. The maximum atomic E-state index is 11.9. The molecule has 21 heavy (non-hydrogen) atoms. The van der Waals surface area contributed by atoms with Crippen LogP contribution in [-0.2, 0) is 4.79 Å². The molecule has 0 saturated carbocycles. The topological polar surface area (TPSA) is 32.3 Å². The first-order chi connectivity index (χ1) is 9.66. The van der Waals surface area contributed by atoms with Crippen molar-refractivity contribution in [2.75, 3.05) is 19.6 Å². The third-order valence-corrected chi connectivity index (χ3v) is 4.76. The molecule has 1 saturated heterocycles. The number of thiophene rings is 1. The van der Waals surface area contributed by atoms with Crippen LogP contribution in [0.15, 0.2) is 17.5 Å². The summed E-state index contributed by atoms with van der Waals surface area (Å²) in [6.07, 6.45) is 4.52. The van der Waals surface area contributed by atoms with E-state index in [4.69, 9.17) is 0 Å². The number of hydrogen-bond acceptors (Lipinski definition) is 3. The number of piperidine rings is 1. The minimum Gasteiger partial charge on any atom is -0.354 e. The number of carbonyl (C=O) groups excluding carboxylic acids is 1. The van der Waals surface area contributed by atoms with Crippen molar-refractivity contribution in [2.24, 2.45) is 5.92 Å². The van der Waals surface area contributed by atoms with Crippen molar-refractivity contribution in [1.29, 1.82) is 0 Å². The van der Waals surface area contributed by atoms with Gasteiger partial charge in [0.1, 0.15) is 0 Å². The Morgan fingerprint density at radius 2 is 2.05 bits per heavy atom. The molecule has 1 aromatic heterocycles. The van der Waals surface area contributed by atoms with Crippen molar-refractivity contribution in [2.45, 2.75) is 45.6 Å². The molecule has 0 radical (unpaired) electrons. The van der Waals surface area contributed by atoms with Crippen LogP contribution in [0, 0.1) is 5.92 Å². The van der Waals surface area contributed by atoms with E-state index in [0.29, 0.717) is 18.4 Å². The van der Waals surface area contributed by atoms with Crippen molar-refractivity contribution >= 4 is 29.7 Å². The second-order valence-electron chi connectivity index (χ2n) is 6.03. The fourth-order valence-electron chi connectivity index (χ4n) is 2.77. The van der Waals surface area contributed by atoms with Gasteiger partial charge < -0.3 is 5.32 Å². The van der Waals surface area contributed by atoms with E-state index in [0.717, 1.165) is 19.6 Å². The minimum absolute atomic E-state index is 0. The highest BCUT2D eigenvalue weighted by atomic mass is 35.5. The lowest BCUT2D eigenvalue weighted by atomic mass is 10.1. The highest BCUT2D eigenvalue weighted by Crippen LogP contribution is 2.27. The molecule has 0 bridgehead atoms. The van der Waals surface area contributed by atoms with Gasteiger partial charge in [-0.15, -0.1) is 23.7 Å². The van der Waals surface area contributed by atoms with E-state index in [2.05, 4.69) is 41.6 Å². The number of rotatable bonds is 6. The van der Waals surface area contributed by atoms with E-state index < -0.39 is 0 Å². The first kappa shape index (κ1) is 18.5. The molecule has 120 valence electrons. The van der Waals surface area contributed by atoms with Crippen LogP contribution < -0.4 is 5.32 Å². The van der Waals surface area contributed by atoms with E-state index in [1.807, 2.05) is 0 Å². The van der Waals surface area contributed by atoms with Gasteiger partial charge in [-0.2, -0.15) is 0 Å². The molecule has 0 aromatic carbocycles. The molecule has 0 aliphatic carbocycles. The van der Waals surface area contributed by atoms with Crippen LogP contribution in [-0.4, -0.2) is 30.4 Å². The van der Waals surface area contributed by atoms with E-state index in [1.54, 1.807) is 11.3 Å². The summed E-state index contributed by atoms with van der Waals surface area (Å²) in [5.74, 6) is 0.601. The largest absolute Gasteiger partial charge is 0.354 e. The van der Waals surface area contributed by atoms with Crippen LogP contribution >= 0.6 is 23.7 Å². The van der Waals surface area contributed by atoms with Gasteiger partial charge in [0.25, 0.3) is 0 Å². The van der Waals surface area contributed by atoms with E-state index in [1.165, 1.54) is 24.1 Å². The molecule has 1 aromatic rings. The smallest absolute Gasteiger partial charge is 0.220 e. The molecule has 1 amide bonds. The predicted molar refractivity (Wildman–Crippen MR) is 92.2 cm³/mol. The second kappa shape index (κ2) is 9.44. The molecule has 1 unspecified atom stereocenters. The highest BCUT2D eigenvalue weighted by molar-refractivity contribution is 7.10. The van der Waals surface area contributed by atoms with Gasteiger partial charge in [-0.25, -0.2) is 0 Å². The van der Waals surface area contributed by atoms with Crippen molar-refractivity contribution in [3.8, 4) is 0 Å². The second-order valence-corrected chi connectivity index (χ2v) is 7.01. The van der Waals surface area contributed by atoms with Gasteiger partial charge in [0.15, 0.2) is 0 Å². The fraction of sp³-hybridized carbons (Fsp3) is 0.688. The number of nitrogens with one attached hydrogen (secondary N) is 1. The van der Waals surface area contributed by atoms with Crippen molar-refractivity contribution in [1.82, 2.24) is 10.2 Å². The van der Waals surface area contributed by atoms with Gasteiger partial charge in [0.2, 0.25) is 5.91 Å². The molecule has 1 aliphatic heterocycles. The highest BCUT2D eigenvalue weighted by Gasteiger charge is 2.23. The van der Waals surface area contributed by atoms with Gasteiger partial charge >= 0.3 is 0 Å². The molecule has 1 fully saturated rings. The average molecular weight is 331 g/mol. The SMILES string of the molecule is CC(C)CC(=O)NCC(c1cccs1)N1CCCCC1.Cl. The van der Waals surface area contributed by atoms with E-state index in [9.17, 15) is 4.79 Å². The predicted octanol–water partition coefficient (Wildman–Crippen LogP) is 3.86. The summed E-state index contributed by atoms with van der Waals surface area (Å²) in [5, 5.41) is 5.25. The summed E-state index contributed by atoms with van der Waals surface area (Å²) in [4.78, 5) is 15.8. The standard InChI is InChI=1S/C16H26N2OS.ClH/c1-13(2)11-16(19)17-12-14(15-7-6-10-20-15)18-8-4-3-5-9-18;/h6-7,10,13-14H,3-5,8-9,11-12H2,1-2H3,(H,17,19);1H. The molecule has 1 atom stereocenters. The zero-order valence-electron chi connectivity index (χ0n) is 13.0. The molecule has 5 heteroatoms. The third-order valence-electron chi connectivity index (χ3n) is 3.79. The number of likely N-dealkylation sites (tertiary alicyclic amines) is 1. The first-order valence-electron chi connectivity index (χ1n) is 7.71.